The van der Waals surface area contributed by atoms with E-state index < -0.39 is 0 Å². The van der Waals surface area contributed by atoms with Gasteiger partial charge in [-0.25, -0.2) is 0 Å². The van der Waals surface area contributed by atoms with Crippen molar-refractivity contribution in [2.24, 2.45) is 5.16 Å². The van der Waals surface area contributed by atoms with Gasteiger partial charge in [0.1, 0.15) is 12.4 Å². The number of hydrogen-bond donors (Lipinski definition) is 0. The number of oxime groups is 1. The van der Waals surface area contributed by atoms with E-state index in [0.717, 1.165) is 5.56 Å². The Balaban J connectivity index is 1.75. The van der Waals surface area contributed by atoms with Crippen LogP contribution in [0.2, 0.25) is 0 Å². The summed E-state index contributed by atoms with van der Waals surface area (Å²) in [5.74, 6) is 1.97. The molecule has 6 nitrogen and oxygen atoms in total. The van der Waals surface area contributed by atoms with E-state index in [0.29, 0.717) is 36.0 Å². The molecule has 2 aromatic rings. The summed E-state index contributed by atoms with van der Waals surface area (Å²) < 4.78 is 15.9. The Bertz CT molecular complexity index is 721. The molecule has 0 atom stereocenters. The average molecular weight is 326 g/mol. The minimum Gasteiger partial charge on any atom is -0.493 e. The van der Waals surface area contributed by atoms with Crippen LogP contribution in [-0.4, -0.2) is 33.6 Å². The van der Waals surface area contributed by atoms with Gasteiger partial charge in [-0.05, 0) is 42.5 Å². The third-order valence-corrected chi connectivity index (χ3v) is 3.11. The minimum absolute atomic E-state index is 0.309. The van der Waals surface area contributed by atoms with E-state index in [-0.39, 0.29) is 0 Å². The Labute approximate surface area is 140 Å². The van der Waals surface area contributed by atoms with E-state index in [4.69, 9.17) is 24.3 Å². The Kier molecular flexibility index (Phi) is 6.47. The summed E-state index contributed by atoms with van der Waals surface area (Å²) in [5.41, 5.74) is 1.43. The van der Waals surface area contributed by atoms with E-state index >= 15 is 0 Å². The quantitative estimate of drug-likeness (QED) is 0.423. The molecule has 0 amide bonds. The van der Waals surface area contributed by atoms with Crippen molar-refractivity contribution in [2.75, 3.05) is 27.4 Å². The van der Waals surface area contributed by atoms with Crippen molar-refractivity contribution in [3.63, 3.8) is 0 Å². The molecule has 0 bridgehead atoms. The first-order valence-electron chi connectivity index (χ1n) is 7.27. The van der Waals surface area contributed by atoms with Crippen LogP contribution >= 0.6 is 0 Å². The highest BCUT2D eigenvalue weighted by Crippen LogP contribution is 2.26. The minimum atomic E-state index is 0.309. The normalized spacial score (nSPS) is 10.2. The molecule has 6 heteroatoms. The van der Waals surface area contributed by atoms with Gasteiger partial charge in [0.2, 0.25) is 0 Å². The molecule has 0 spiro atoms. The number of nitrogens with zero attached hydrogens (tertiary/aromatic N) is 2. The second kappa shape index (κ2) is 9.06. The maximum atomic E-state index is 8.72. The number of methoxy groups -OCH3 is 2. The van der Waals surface area contributed by atoms with E-state index in [9.17, 15) is 0 Å². The van der Waals surface area contributed by atoms with E-state index in [1.807, 2.05) is 6.07 Å². The monoisotopic (exact) mass is 326 g/mol. The lowest BCUT2D eigenvalue weighted by Gasteiger charge is -2.07. The van der Waals surface area contributed by atoms with Crippen LogP contribution in [0.25, 0.3) is 0 Å². The fraction of sp³-hybridized carbons (Fsp3) is 0.222. The summed E-state index contributed by atoms with van der Waals surface area (Å²) in [7, 11) is 3.17. The van der Waals surface area contributed by atoms with Crippen LogP contribution in [0.5, 0.6) is 17.2 Å². The molecule has 0 aromatic heterocycles. The Hall–Kier alpha value is -3.20. The molecule has 0 heterocycles. The van der Waals surface area contributed by atoms with E-state index in [2.05, 4.69) is 11.2 Å². The van der Waals surface area contributed by atoms with E-state index in [1.54, 1.807) is 56.8 Å². The predicted molar refractivity (Wildman–Crippen MR) is 89.7 cm³/mol. The standard InChI is InChI=1S/C18H18N2O4/c1-21-17-8-5-15(11-18(17)22-2)13-20-24-10-9-23-16-6-3-14(12-19)4-7-16/h3-8,11,13H,9-10H2,1-2H3. The van der Waals surface area contributed by atoms with Gasteiger partial charge < -0.3 is 19.0 Å². The Morgan fingerprint density at radius 1 is 1.00 bits per heavy atom. The van der Waals surface area contributed by atoms with Gasteiger partial charge in [0.15, 0.2) is 18.1 Å². The number of ether oxygens (including phenoxy) is 3. The highest BCUT2D eigenvalue weighted by Gasteiger charge is 2.03. The average Bonchev–Trinajstić information content (AvgIpc) is 2.64. The van der Waals surface area contributed by atoms with Crippen LogP contribution in [0.15, 0.2) is 47.6 Å². The third-order valence-electron chi connectivity index (χ3n) is 3.11. The van der Waals surface area contributed by atoms with Crippen molar-refractivity contribution in [3.05, 3.63) is 53.6 Å². The van der Waals surface area contributed by atoms with E-state index in [1.165, 1.54) is 0 Å². The number of benzene rings is 2. The van der Waals surface area contributed by atoms with Crippen molar-refractivity contribution < 1.29 is 19.0 Å². The SMILES string of the molecule is COc1ccc(C=NOCCOc2ccc(C#N)cc2)cc1OC. The van der Waals surface area contributed by atoms with Crippen LogP contribution in [0.3, 0.4) is 0 Å². The highest BCUT2D eigenvalue weighted by molar-refractivity contribution is 5.80. The van der Waals surface area contributed by atoms with Crippen molar-refractivity contribution in [2.45, 2.75) is 0 Å². The number of nitriles is 1. The van der Waals surface area contributed by atoms with Crippen molar-refractivity contribution in [1.29, 1.82) is 5.26 Å². The van der Waals surface area contributed by atoms with Gasteiger partial charge in [0.05, 0.1) is 32.1 Å². The van der Waals surface area contributed by atoms with Gasteiger partial charge in [-0.15, -0.1) is 0 Å². The first-order chi connectivity index (χ1) is 11.8. The van der Waals surface area contributed by atoms with Gasteiger partial charge in [-0.2, -0.15) is 5.26 Å². The first kappa shape index (κ1) is 17.2. The lowest BCUT2D eigenvalue weighted by Crippen LogP contribution is -2.04. The van der Waals surface area contributed by atoms with Crippen LogP contribution in [0, 0.1) is 11.3 Å². The molecule has 24 heavy (non-hydrogen) atoms. The predicted octanol–water partition coefficient (Wildman–Crippen LogP) is 3.00. The lowest BCUT2D eigenvalue weighted by molar-refractivity contribution is 0.108. The van der Waals surface area contributed by atoms with Crippen molar-refractivity contribution >= 4 is 6.21 Å². The van der Waals surface area contributed by atoms with Crippen molar-refractivity contribution in [3.8, 4) is 23.3 Å². The molecule has 0 fully saturated rings. The first-order valence-corrected chi connectivity index (χ1v) is 7.27. The molecule has 0 radical (unpaired) electrons. The van der Waals surface area contributed by atoms with Crippen LogP contribution in [0.1, 0.15) is 11.1 Å². The number of rotatable bonds is 8. The summed E-state index contributed by atoms with van der Waals surface area (Å²) in [5, 5.41) is 12.6. The molecule has 0 aliphatic carbocycles. The molecule has 2 aromatic carbocycles. The zero-order valence-electron chi connectivity index (χ0n) is 13.6. The van der Waals surface area contributed by atoms with Gasteiger partial charge in [0.25, 0.3) is 0 Å². The van der Waals surface area contributed by atoms with Gasteiger partial charge >= 0.3 is 0 Å². The Morgan fingerprint density at radius 2 is 1.75 bits per heavy atom. The van der Waals surface area contributed by atoms with Crippen LogP contribution in [0.4, 0.5) is 0 Å². The summed E-state index contributed by atoms with van der Waals surface area (Å²) in [6.45, 7) is 0.666. The fourth-order valence-electron chi connectivity index (χ4n) is 1.91. The fourth-order valence-corrected chi connectivity index (χ4v) is 1.91. The van der Waals surface area contributed by atoms with Crippen molar-refractivity contribution in [1.82, 2.24) is 0 Å². The zero-order valence-corrected chi connectivity index (χ0v) is 13.6. The second-order valence-electron chi connectivity index (χ2n) is 4.67. The maximum Gasteiger partial charge on any atom is 0.161 e. The molecule has 2 rings (SSSR count). The lowest BCUT2D eigenvalue weighted by atomic mass is 10.2. The van der Waals surface area contributed by atoms with Gasteiger partial charge in [0, 0.05) is 5.56 Å². The summed E-state index contributed by atoms with van der Waals surface area (Å²) in [6, 6.07) is 14.4. The largest absolute Gasteiger partial charge is 0.493 e. The zero-order chi connectivity index (χ0) is 17.2. The van der Waals surface area contributed by atoms with Crippen LogP contribution < -0.4 is 14.2 Å². The summed E-state index contributed by atoms with van der Waals surface area (Å²) >= 11 is 0. The Morgan fingerprint density at radius 3 is 2.42 bits per heavy atom. The van der Waals surface area contributed by atoms with Crippen LogP contribution in [-0.2, 0) is 4.84 Å². The molecule has 0 N–H and O–H groups in total. The topological polar surface area (TPSA) is 73.1 Å². The molecule has 0 aliphatic rings. The highest BCUT2D eigenvalue weighted by atomic mass is 16.6. The van der Waals surface area contributed by atoms with Gasteiger partial charge in [-0.1, -0.05) is 5.16 Å². The second-order valence-corrected chi connectivity index (χ2v) is 4.67. The number of hydrogen-bond acceptors (Lipinski definition) is 6. The van der Waals surface area contributed by atoms with Gasteiger partial charge in [-0.3, -0.25) is 0 Å². The smallest absolute Gasteiger partial charge is 0.161 e. The summed E-state index contributed by atoms with van der Waals surface area (Å²) in [4.78, 5) is 5.15. The summed E-state index contributed by atoms with van der Waals surface area (Å²) in [6.07, 6.45) is 1.59. The molecular formula is C18H18N2O4. The molecular weight excluding hydrogens is 308 g/mol. The molecule has 124 valence electrons. The third kappa shape index (κ3) is 4.92. The molecule has 0 saturated heterocycles. The maximum absolute atomic E-state index is 8.72. The molecule has 0 aliphatic heterocycles. The molecule has 0 unspecified atom stereocenters. The molecule has 0 saturated carbocycles.